The van der Waals surface area contributed by atoms with Crippen LogP contribution in [0.1, 0.15) is 5.56 Å². The van der Waals surface area contributed by atoms with Crippen molar-refractivity contribution in [3.63, 3.8) is 0 Å². The van der Waals surface area contributed by atoms with Crippen molar-refractivity contribution in [3.05, 3.63) is 19.8 Å². The first-order valence-corrected chi connectivity index (χ1v) is 5.22. The Hall–Kier alpha value is -0.560. The number of hydrogen-bond donors (Lipinski definition) is 0. The molecule has 8 heteroatoms. The van der Waals surface area contributed by atoms with Crippen LogP contribution >= 0.6 is 38.5 Å². The summed E-state index contributed by atoms with van der Waals surface area (Å²) in [6.45, 7) is 0. The zero-order valence-corrected chi connectivity index (χ0v) is 10.5. The van der Waals surface area contributed by atoms with E-state index in [0.29, 0.717) is 0 Å². The Labute approximate surface area is 105 Å². The SMILES string of the molecule is N#Cc1cc(Br)c(OC(F)(F)F)nc1I. The second kappa shape index (κ2) is 4.52. The lowest BCUT2D eigenvalue weighted by atomic mass is 10.3. The highest BCUT2D eigenvalue weighted by atomic mass is 127. The van der Waals surface area contributed by atoms with E-state index in [1.807, 2.05) is 0 Å². The second-order valence-corrected chi connectivity index (χ2v) is 4.15. The van der Waals surface area contributed by atoms with E-state index in [4.69, 9.17) is 5.26 Å². The molecule has 0 unspecified atom stereocenters. The third kappa shape index (κ3) is 3.49. The first-order chi connectivity index (χ1) is 6.83. The molecule has 1 heterocycles. The number of halogens is 5. The maximum atomic E-state index is 11.9. The van der Waals surface area contributed by atoms with E-state index >= 15 is 0 Å². The van der Waals surface area contributed by atoms with Crippen LogP contribution in [0.15, 0.2) is 10.5 Å². The summed E-state index contributed by atoms with van der Waals surface area (Å²) in [6, 6.07) is 3.01. The van der Waals surface area contributed by atoms with Crippen molar-refractivity contribution in [3.8, 4) is 11.9 Å². The molecular formula is C7HBrF3IN2O. The van der Waals surface area contributed by atoms with Crippen LogP contribution in [0.5, 0.6) is 5.88 Å². The van der Waals surface area contributed by atoms with Crippen LogP contribution in [0.4, 0.5) is 13.2 Å². The number of nitriles is 1. The van der Waals surface area contributed by atoms with Gasteiger partial charge in [0.25, 0.3) is 0 Å². The highest BCUT2D eigenvalue weighted by Gasteiger charge is 2.33. The summed E-state index contributed by atoms with van der Waals surface area (Å²) in [4.78, 5) is 3.50. The third-order valence-corrected chi connectivity index (χ3v) is 2.62. The summed E-state index contributed by atoms with van der Waals surface area (Å²) in [5.41, 5.74) is 0.178. The predicted octanol–water partition coefficient (Wildman–Crippen LogP) is 3.22. The molecule has 0 aliphatic heterocycles. The van der Waals surface area contributed by atoms with E-state index in [9.17, 15) is 13.2 Å². The number of nitrogens with zero attached hydrogens (tertiary/aromatic N) is 2. The molecule has 0 saturated heterocycles. The quantitative estimate of drug-likeness (QED) is 0.544. The van der Waals surface area contributed by atoms with Crippen LogP contribution in [0.2, 0.25) is 0 Å². The van der Waals surface area contributed by atoms with Crippen LogP contribution in [-0.4, -0.2) is 11.3 Å². The molecule has 3 nitrogen and oxygen atoms in total. The minimum Gasteiger partial charge on any atom is -0.387 e. The molecule has 0 N–H and O–H groups in total. The van der Waals surface area contributed by atoms with Gasteiger partial charge in [0.15, 0.2) is 0 Å². The summed E-state index contributed by atoms with van der Waals surface area (Å²) in [7, 11) is 0. The summed E-state index contributed by atoms with van der Waals surface area (Å²) < 4.78 is 39.4. The van der Waals surface area contributed by atoms with Gasteiger partial charge in [-0.15, -0.1) is 13.2 Å². The van der Waals surface area contributed by atoms with Gasteiger partial charge in [0.05, 0.1) is 10.0 Å². The van der Waals surface area contributed by atoms with Crippen LogP contribution in [0.3, 0.4) is 0 Å². The summed E-state index contributed by atoms with van der Waals surface area (Å²) in [5, 5.41) is 8.59. The van der Waals surface area contributed by atoms with E-state index in [1.165, 1.54) is 6.07 Å². The molecule has 0 fully saturated rings. The molecule has 0 aromatic carbocycles. The molecule has 80 valence electrons. The minimum atomic E-state index is -4.80. The van der Waals surface area contributed by atoms with E-state index in [-0.39, 0.29) is 13.7 Å². The van der Waals surface area contributed by atoms with E-state index in [0.717, 1.165) is 0 Å². The lowest BCUT2D eigenvalue weighted by Gasteiger charge is -2.09. The van der Waals surface area contributed by atoms with Crippen LogP contribution in [0, 0.1) is 15.0 Å². The fourth-order valence-corrected chi connectivity index (χ4v) is 1.60. The first-order valence-electron chi connectivity index (χ1n) is 3.35. The highest BCUT2D eigenvalue weighted by Crippen LogP contribution is 2.30. The maximum absolute atomic E-state index is 11.9. The van der Waals surface area contributed by atoms with Gasteiger partial charge in [-0.3, -0.25) is 0 Å². The maximum Gasteiger partial charge on any atom is 0.574 e. The second-order valence-electron chi connectivity index (χ2n) is 2.27. The largest absolute Gasteiger partial charge is 0.574 e. The zero-order valence-electron chi connectivity index (χ0n) is 6.77. The molecule has 1 aromatic heterocycles. The topological polar surface area (TPSA) is 45.9 Å². The number of ether oxygens (including phenoxy) is 1. The monoisotopic (exact) mass is 392 g/mol. The summed E-state index contributed by atoms with van der Waals surface area (Å²) >= 11 is 4.49. The Bertz CT molecular complexity index is 429. The molecule has 0 spiro atoms. The number of pyridine rings is 1. The van der Waals surface area contributed by atoms with Gasteiger partial charge < -0.3 is 4.74 Å². The van der Waals surface area contributed by atoms with Crippen molar-refractivity contribution in [1.82, 2.24) is 4.98 Å². The molecule has 0 aliphatic carbocycles. The molecule has 0 saturated carbocycles. The number of alkyl halides is 3. The molecule has 0 aliphatic rings. The van der Waals surface area contributed by atoms with Gasteiger partial charge in [-0.05, 0) is 44.6 Å². The van der Waals surface area contributed by atoms with E-state index in [1.54, 1.807) is 28.7 Å². The Morgan fingerprint density at radius 2 is 2.13 bits per heavy atom. The molecule has 0 radical (unpaired) electrons. The van der Waals surface area contributed by atoms with Crippen LogP contribution < -0.4 is 4.74 Å². The van der Waals surface area contributed by atoms with E-state index < -0.39 is 12.2 Å². The minimum absolute atomic E-state index is 0.0169. The molecule has 0 atom stereocenters. The summed E-state index contributed by atoms with van der Waals surface area (Å²) in [6.07, 6.45) is -4.80. The van der Waals surface area contributed by atoms with Crippen molar-refractivity contribution >= 4 is 38.5 Å². The zero-order chi connectivity index (χ0) is 11.6. The van der Waals surface area contributed by atoms with Gasteiger partial charge in [0.1, 0.15) is 9.77 Å². The van der Waals surface area contributed by atoms with Crippen LogP contribution in [0.25, 0.3) is 0 Å². The number of rotatable bonds is 1. The number of hydrogen-bond acceptors (Lipinski definition) is 3. The molecule has 0 amide bonds. The molecular weight excluding hydrogens is 392 g/mol. The smallest absolute Gasteiger partial charge is 0.387 e. The van der Waals surface area contributed by atoms with Gasteiger partial charge in [-0.2, -0.15) is 5.26 Å². The lowest BCUT2D eigenvalue weighted by Crippen LogP contribution is -2.18. The fraction of sp³-hybridized carbons (Fsp3) is 0.143. The van der Waals surface area contributed by atoms with Crippen molar-refractivity contribution in [2.75, 3.05) is 0 Å². The summed E-state index contributed by atoms with van der Waals surface area (Å²) in [5.74, 6) is -0.606. The van der Waals surface area contributed by atoms with Crippen molar-refractivity contribution in [2.24, 2.45) is 0 Å². The van der Waals surface area contributed by atoms with Crippen LogP contribution in [-0.2, 0) is 0 Å². The van der Waals surface area contributed by atoms with Gasteiger partial charge >= 0.3 is 6.36 Å². The normalized spacial score (nSPS) is 10.9. The average molecular weight is 393 g/mol. The average Bonchev–Trinajstić information content (AvgIpc) is 2.08. The number of aromatic nitrogens is 1. The molecule has 1 aromatic rings. The molecule has 15 heavy (non-hydrogen) atoms. The lowest BCUT2D eigenvalue weighted by molar-refractivity contribution is -0.276. The standard InChI is InChI=1S/C7HBrF3IN2O/c8-4-1-3(2-13)5(12)14-6(4)15-7(9,10)11/h1H. The Morgan fingerprint density at radius 3 is 2.60 bits per heavy atom. The van der Waals surface area contributed by atoms with Crippen molar-refractivity contribution in [1.29, 1.82) is 5.26 Å². The van der Waals surface area contributed by atoms with Gasteiger partial charge in [-0.25, -0.2) is 4.98 Å². The third-order valence-electron chi connectivity index (χ3n) is 1.23. The van der Waals surface area contributed by atoms with Crippen molar-refractivity contribution < 1.29 is 17.9 Å². The van der Waals surface area contributed by atoms with Crippen molar-refractivity contribution in [2.45, 2.75) is 6.36 Å². The molecule has 1 rings (SSSR count). The van der Waals surface area contributed by atoms with E-state index in [2.05, 4.69) is 25.7 Å². The van der Waals surface area contributed by atoms with Gasteiger partial charge in [0.2, 0.25) is 5.88 Å². The Morgan fingerprint density at radius 1 is 1.53 bits per heavy atom. The highest BCUT2D eigenvalue weighted by molar-refractivity contribution is 14.1. The fourth-order valence-electron chi connectivity index (χ4n) is 0.710. The van der Waals surface area contributed by atoms with Gasteiger partial charge in [-0.1, -0.05) is 0 Å². The Balaban J connectivity index is 3.13. The first kappa shape index (κ1) is 12.5. The predicted molar refractivity (Wildman–Crippen MR) is 56.1 cm³/mol. The Kier molecular flexibility index (Phi) is 3.77. The van der Waals surface area contributed by atoms with Gasteiger partial charge in [0, 0.05) is 0 Å². The molecule has 0 bridgehead atoms.